The molecule has 23 heavy (non-hydrogen) atoms. The van der Waals surface area contributed by atoms with Crippen LogP contribution < -0.4 is 4.90 Å². The Morgan fingerprint density at radius 2 is 1.39 bits per heavy atom. The Kier molecular flexibility index (Phi) is 3.49. The van der Waals surface area contributed by atoms with E-state index in [2.05, 4.69) is 6.07 Å². The van der Waals surface area contributed by atoms with Crippen molar-refractivity contribution in [2.24, 2.45) is 5.41 Å². The van der Waals surface area contributed by atoms with Crippen LogP contribution in [0, 0.1) is 16.7 Å². The van der Waals surface area contributed by atoms with Gasteiger partial charge in [0.25, 0.3) is 0 Å². The molecule has 2 aromatic rings. The Morgan fingerprint density at radius 1 is 0.913 bits per heavy atom. The number of hydrogen-bond acceptors (Lipinski definition) is 3. The van der Waals surface area contributed by atoms with Gasteiger partial charge < -0.3 is 0 Å². The van der Waals surface area contributed by atoms with E-state index >= 15 is 0 Å². The fraction of sp³-hybridized carbons (Fsp3) is 0.211. The van der Waals surface area contributed by atoms with Crippen molar-refractivity contribution >= 4 is 17.5 Å². The molecule has 3 rings (SSSR count). The number of benzene rings is 2. The molecule has 0 aliphatic carbocycles. The van der Waals surface area contributed by atoms with Crippen molar-refractivity contribution in [1.29, 1.82) is 5.26 Å². The Bertz CT molecular complexity index is 794. The van der Waals surface area contributed by atoms with Gasteiger partial charge in [-0.05, 0) is 55.7 Å². The Labute approximate surface area is 135 Å². The highest BCUT2D eigenvalue weighted by Crippen LogP contribution is 2.36. The molecule has 0 atom stereocenters. The summed E-state index contributed by atoms with van der Waals surface area (Å²) in [6.07, 6.45) is 0.735. The van der Waals surface area contributed by atoms with Crippen molar-refractivity contribution in [3.8, 4) is 6.07 Å². The molecular formula is C19H16N2O2. The van der Waals surface area contributed by atoms with E-state index in [9.17, 15) is 9.59 Å². The van der Waals surface area contributed by atoms with Gasteiger partial charge in [0.15, 0.2) is 0 Å². The number of hydrogen-bond donors (Lipinski definition) is 0. The molecule has 0 saturated carbocycles. The second-order valence-corrected chi connectivity index (χ2v) is 6.22. The third-order valence-corrected chi connectivity index (χ3v) is 4.16. The van der Waals surface area contributed by atoms with E-state index in [-0.39, 0.29) is 11.8 Å². The maximum atomic E-state index is 12.0. The first-order valence-corrected chi connectivity index (χ1v) is 7.40. The molecule has 114 valence electrons. The van der Waals surface area contributed by atoms with Gasteiger partial charge in [0.05, 0.1) is 17.3 Å². The quantitative estimate of drug-likeness (QED) is 0.647. The molecule has 1 saturated heterocycles. The molecule has 0 N–H and O–H groups in total. The van der Waals surface area contributed by atoms with Crippen molar-refractivity contribution < 1.29 is 9.59 Å². The van der Waals surface area contributed by atoms with Gasteiger partial charge in [-0.2, -0.15) is 5.26 Å². The van der Waals surface area contributed by atoms with Gasteiger partial charge in [-0.1, -0.05) is 24.3 Å². The first-order chi connectivity index (χ1) is 10.9. The van der Waals surface area contributed by atoms with Crippen LogP contribution >= 0.6 is 0 Å². The molecule has 4 nitrogen and oxygen atoms in total. The lowest BCUT2D eigenvalue weighted by atomic mass is 9.81. The Balaban J connectivity index is 1.74. The average molecular weight is 304 g/mol. The Hall–Kier alpha value is -2.93. The minimum absolute atomic E-state index is 0.164. The minimum Gasteiger partial charge on any atom is -0.273 e. The van der Waals surface area contributed by atoms with Gasteiger partial charge >= 0.3 is 0 Å². The summed E-state index contributed by atoms with van der Waals surface area (Å²) < 4.78 is 0. The topological polar surface area (TPSA) is 61.2 Å². The van der Waals surface area contributed by atoms with E-state index in [1.165, 1.54) is 4.90 Å². The molecule has 0 spiro atoms. The number of rotatable bonds is 3. The Morgan fingerprint density at radius 3 is 1.87 bits per heavy atom. The number of imide groups is 1. The third-order valence-electron chi connectivity index (χ3n) is 4.16. The maximum absolute atomic E-state index is 12.0. The molecule has 0 aromatic heterocycles. The van der Waals surface area contributed by atoms with Gasteiger partial charge in [-0.15, -0.1) is 0 Å². The molecule has 2 amide bonds. The molecule has 1 aliphatic rings. The lowest BCUT2D eigenvalue weighted by molar-refractivity contribution is -0.149. The van der Waals surface area contributed by atoms with Gasteiger partial charge in [0.2, 0.25) is 11.8 Å². The van der Waals surface area contributed by atoms with Gasteiger partial charge in [0, 0.05) is 0 Å². The lowest BCUT2D eigenvalue weighted by Crippen LogP contribution is -2.63. The van der Waals surface area contributed by atoms with Gasteiger partial charge in [0.1, 0.15) is 5.41 Å². The highest BCUT2D eigenvalue weighted by molar-refractivity contribution is 6.35. The lowest BCUT2D eigenvalue weighted by Gasteiger charge is -2.41. The average Bonchev–Trinajstić information content (AvgIpc) is 2.57. The number of carbonyl (C=O) groups is 2. The van der Waals surface area contributed by atoms with Crippen molar-refractivity contribution in [2.45, 2.75) is 20.3 Å². The first-order valence-electron chi connectivity index (χ1n) is 7.40. The first kappa shape index (κ1) is 15.0. The molecule has 1 heterocycles. The van der Waals surface area contributed by atoms with Crippen LogP contribution in [0.15, 0.2) is 48.5 Å². The van der Waals surface area contributed by atoms with E-state index in [1.54, 1.807) is 38.1 Å². The van der Waals surface area contributed by atoms with E-state index in [0.717, 1.165) is 17.5 Å². The van der Waals surface area contributed by atoms with Crippen molar-refractivity contribution in [1.82, 2.24) is 0 Å². The maximum Gasteiger partial charge on any atom is 0.248 e. The molecule has 0 unspecified atom stereocenters. The molecule has 2 aromatic carbocycles. The summed E-state index contributed by atoms with van der Waals surface area (Å²) in [7, 11) is 0. The zero-order valence-corrected chi connectivity index (χ0v) is 13.0. The predicted octanol–water partition coefficient (Wildman–Crippen LogP) is 3.05. The molecular weight excluding hydrogens is 288 g/mol. The van der Waals surface area contributed by atoms with Crippen molar-refractivity contribution in [2.75, 3.05) is 4.90 Å². The van der Waals surface area contributed by atoms with Crippen LogP contribution in [-0.4, -0.2) is 11.8 Å². The summed E-state index contributed by atoms with van der Waals surface area (Å²) >= 11 is 0. The second-order valence-electron chi connectivity index (χ2n) is 6.22. The van der Waals surface area contributed by atoms with E-state index in [1.807, 2.05) is 24.3 Å². The SMILES string of the molecule is CC1(C)C(=O)N(c2ccc(Cc3ccc(C#N)cc3)cc2)C1=O. The van der Waals surface area contributed by atoms with Crippen LogP contribution in [0.2, 0.25) is 0 Å². The van der Waals surface area contributed by atoms with Gasteiger partial charge in [-0.25, -0.2) is 4.90 Å². The number of β-lactam (4-membered cyclic amide) rings is 2. The van der Waals surface area contributed by atoms with Gasteiger partial charge in [-0.3, -0.25) is 9.59 Å². The number of amides is 2. The number of nitriles is 1. The number of anilines is 1. The van der Waals surface area contributed by atoms with Crippen LogP contribution in [0.4, 0.5) is 5.69 Å². The van der Waals surface area contributed by atoms with Crippen LogP contribution in [0.5, 0.6) is 0 Å². The molecule has 1 fully saturated rings. The van der Waals surface area contributed by atoms with E-state index < -0.39 is 5.41 Å². The highest BCUT2D eigenvalue weighted by Gasteiger charge is 2.54. The summed E-state index contributed by atoms with van der Waals surface area (Å²) in [5.41, 5.74) is 2.54. The smallest absolute Gasteiger partial charge is 0.248 e. The molecule has 4 heteroatoms. The normalized spacial score (nSPS) is 16.0. The van der Waals surface area contributed by atoms with Crippen LogP contribution in [0.1, 0.15) is 30.5 Å². The van der Waals surface area contributed by atoms with Crippen LogP contribution in [0.25, 0.3) is 0 Å². The fourth-order valence-electron chi connectivity index (χ4n) is 2.62. The van der Waals surface area contributed by atoms with Crippen LogP contribution in [0.3, 0.4) is 0 Å². The predicted molar refractivity (Wildman–Crippen MR) is 86.7 cm³/mol. The third kappa shape index (κ3) is 2.51. The molecule has 0 bridgehead atoms. The van der Waals surface area contributed by atoms with E-state index in [0.29, 0.717) is 11.3 Å². The summed E-state index contributed by atoms with van der Waals surface area (Å²) in [4.78, 5) is 25.2. The minimum atomic E-state index is -0.902. The number of nitrogens with zero attached hydrogens (tertiary/aromatic N) is 2. The fourth-order valence-corrected chi connectivity index (χ4v) is 2.62. The highest BCUT2D eigenvalue weighted by atomic mass is 16.2. The number of carbonyl (C=O) groups excluding carboxylic acids is 2. The summed E-state index contributed by atoms with van der Waals surface area (Å²) in [5.74, 6) is -0.329. The van der Waals surface area contributed by atoms with Crippen LogP contribution in [-0.2, 0) is 16.0 Å². The second kappa shape index (κ2) is 5.36. The standard InChI is InChI=1S/C19H16N2O2/c1-19(2)17(22)21(18(19)23)16-9-7-14(8-10-16)11-13-3-5-15(12-20)6-4-13/h3-10H,11H2,1-2H3. The summed E-state index contributed by atoms with van der Waals surface area (Å²) in [6.45, 7) is 3.29. The molecule has 1 aliphatic heterocycles. The largest absolute Gasteiger partial charge is 0.273 e. The summed E-state index contributed by atoms with van der Waals surface area (Å²) in [5, 5.41) is 8.80. The zero-order valence-electron chi connectivity index (χ0n) is 13.0. The van der Waals surface area contributed by atoms with E-state index in [4.69, 9.17) is 5.26 Å². The zero-order chi connectivity index (χ0) is 16.6. The van der Waals surface area contributed by atoms with Crippen molar-refractivity contribution in [3.63, 3.8) is 0 Å². The monoisotopic (exact) mass is 304 g/mol. The molecule has 0 radical (unpaired) electrons. The van der Waals surface area contributed by atoms with Crippen molar-refractivity contribution in [3.05, 3.63) is 65.2 Å². The summed E-state index contributed by atoms with van der Waals surface area (Å²) in [6, 6.07) is 17.0.